The third-order valence-corrected chi connectivity index (χ3v) is 3.09. The molecule has 0 aliphatic carbocycles. The van der Waals surface area contributed by atoms with Crippen LogP contribution in [0.3, 0.4) is 0 Å². The summed E-state index contributed by atoms with van der Waals surface area (Å²) >= 11 is 0. The Kier molecular flexibility index (Phi) is 5.16. The van der Waals surface area contributed by atoms with Gasteiger partial charge < -0.3 is 14.6 Å². The number of aliphatic hydroxyl groups excluding tert-OH is 1. The van der Waals surface area contributed by atoms with Crippen LogP contribution in [-0.2, 0) is 11.3 Å². The van der Waals surface area contributed by atoms with Gasteiger partial charge in [-0.2, -0.15) is 0 Å². The Labute approximate surface area is 119 Å². The first-order valence-electron chi connectivity index (χ1n) is 6.73. The van der Waals surface area contributed by atoms with Crippen molar-refractivity contribution in [2.75, 3.05) is 13.7 Å². The van der Waals surface area contributed by atoms with Crippen molar-refractivity contribution in [2.24, 2.45) is 0 Å². The molecule has 106 valence electrons. The highest BCUT2D eigenvalue weighted by Gasteiger charge is 2.15. The van der Waals surface area contributed by atoms with Gasteiger partial charge in [-0.3, -0.25) is 0 Å². The van der Waals surface area contributed by atoms with Gasteiger partial charge in [-0.25, -0.2) is 0 Å². The van der Waals surface area contributed by atoms with Crippen LogP contribution in [-0.4, -0.2) is 18.8 Å². The van der Waals surface area contributed by atoms with E-state index in [1.807, 2.05) is 55.5 Å². The summed E-state index contributed by atoms with van der Waals surface area (Å²) in [5.41, 5.74) is 2.66. The largest absolute Gasteiger partial charge is 0.493 e. The zero-order valence-electron chi connectivity index (χ0n) is 11.9. The van der Waals surface area contributed by atoms with E-state index < -0.39 is 6.10 Å². The molecule has 0 heterocycles. The van der Waals surface area contributed by atoms with Gasteiger partial charge in [0.05, 0.1) is 13.2 Å². The van der Waals surface area contributed by atoms with E-state index in [0.717, 1.165) is 22.4 Å². The van der Waals surface area contributed by atoms with Crippen molar-refractivity contribution in [3.8, 4) is 5.75 Å². The van der Waals surface area contributed by atoms with E-state index in [-0.39, 0.29) is 0 Å². The minimum Gasteiger partial charge on any atom is -0.493 e. The highest BCUT2D eigenvalue weighted by molar-refractivity contribution is 5.41. The Hall–Kier alpha value is -1.84. The number of para-hydroxylation sites is 1. The third-order valence-electron chi connectivity index (χ3n) is 3.09. The van der Waals surface area contributed by atoms with Crippen molar-refractivity contribution in [3.63, 3.8) is 0 Å². The Balaban J connectivity index is 2.30. The van der Waals surface area contributed by atoms with E-state index in [4.69, 9.17) is 9.47 Å². The number of benzene rings is 2. The average Bonchev–Trinajstić information content (AvgIpc) is 2.48. The van der Waals surface area contributed by atoms with Crippen LogP contribution in [0.4, 0.5) is 0 Å². The molecule has 2 aromatic rings. The van der Waals surface area contributed by atoms with Gasteiger partial charge in [-0.15, -0.1) is 0 Å². The molecule has 20 heavy (non-hydrogen) atoms. The molecule has 0 amide bonds. The summed E-state index contributed by atoms with van der Waals surface area (Å²) in [6.07, 6.45) is -0.699. The maximum atomic E-state index is 10.6. The molecule has 0 aliphatic heterocycles. The monoisotopic (exact) mass is 272 g/mol. The van der Waals surface area contributed by atoms with E-state index in [1.165, 1.54) is 0 Å². The Morgan fingerprint density at radius 2 is 1.90 bits per heavy atom. The fraction of sp³-hybridized carbons (Fsp3) is 0.294. The van der Waals surface area contributed by atoms with Crippen LogP contribution >= 0.6 is 0 Å². The van der Waals surface area contributed by atoms with Crippen molar-refractivity contribution in [2.45, 2.75) is 19.6 Å². The first kappa shape index (κ1) is 14.6. The maximum absolute atomic E-state index is 10.6. The standard InChI is InChI=1S/C17H20O3/c1-3-20-16-10-5-4-9-15(16)17(18)14-8-6-7-13(11-14)12-19-2/h4-11,17-18H,3,12H2,1-2H3. The second-order valence-corrected chi connectivity index (χ2v) is 4.55. The van der Waals surface area contributed by atoms with E-state index >= 15 is 0 Å². The molecule has 2 aromatic carbocycles. The molecule has 0 aromatic heterocycles. The molecular weight excluding hydrogens is 252 g/mol. The lowest BCUT2D eigenvalue weighted by Gasteiger charge is -2.16. The molecule has 0 radical (unpaired) electrons. The minimum atomic E-state index is -0.699. The molecule has 0 bridgehead atoms. The summed E-state index contributed by atoms with van der Waals surface area (Å²) in [7, 11) is 1.66. The van der Waals surface area contributed by atoms with Gasteiger partial charge in [-0.1, -0.05) is 42.5 Å². The van der Waals surface area contributed by atoms with Gasteiger partial charge in [0.2, 0.25) is 0 Å². The first-order valence-corrected chi connectivity index (χ1v) is 6.73. The summed E-state index contributed by atoms with van der Waals surface area (Å²) in [5.74, 6) is 0.722. The predicted octanol–water partition coefficient (Wildman–Crippen LogP) is 3.31. The molecular formula is C17H20O3. The molecule has 3 nitrogen and oxygen atoms in total. The minimum absolute atomic E-state index is 0.535. The summed E-state index contributed by atoms with van der Waals surface area (Å²) in [4.78, 5) is 0. The lowest BCUT2D eigenvalue weighted by molar-refractivity contribution is 0.184. The summed E-state index contributed by atoms with van der Waals surface area (Å²) in [6.45, 7) is 3.05. The van der Waals surface area contributed by atoms with Gasteiger partial charge in [0.1, 0.15) is 11.9 Å². The summed E-state index contributed by atoms with van der Waals surface area (Å²) in [6, 6.07) is 15.3. The van der Waals surface area contributed by atoms with Gasteiger partial charge in [-0.05, 0) is 24.1 Å². The summed E-state index contributed by atoms with van der Waals surface area (Å²) in [5, 5.41) is 10.6. The molecule has 1 atom stereocenters. The van der Waals surface area contributed by atoms with Crippen LogP contribution in [0.2, 0.25) is 0 Å². The highest BCUT2D eigenvalue weighted by atomic mass is 16.5. The zero-order chi connectivity index (χ0) is 14.4. The van der Waals surface area contributed by atoms with Gasteiger partial charge >= 0.3 is 0 Å². The van der Waals surface area contributed by atoms with Gasteiger partial charge in [0.25, 0.3) is 0 Å². The third kappa shape index (κ3) is 3.38. The Morgan fingerprint density at radius 3 is 2.65 bits per heavy atom. The fourth-order valence-corrected chi connectivity index (χ4v) is 2.19. The molecule has 1 unspecified atom stereocenters. The molecule has 0 fully saturated rings. The molecule has 0 saturated carbocycles. The quantitative estimate of drug-likeness (QED) is 0.876. The SMILES string of the molecule is CCOc1ccccc1C(O)c1cccc(COC)c1. The molecule has 0 spiro atoms. The van der Waals surface area contributed by atoms with Crippen molar-refractivity contribution in [1.82, 2.24) is 0 Å². The highest BCUT2D eigenvalue weighted by Crippen LogP contribution is 2.30. The average molecular weight is 272 g/mol. The molecule has 3 heteroatoms. The van der Waals surface area contributed by atoms with Crippen LogP contribution in [0, 0.1) is 0 Å². The van der Waals surface area contributed by atoms with Gasteiger partial charge in [0.15, 0.2) is 0 Å². The Bertz CT molecular complexity index is 551. The first-order chi connectivity index (χ1) is 9.76. The number of rotatable bonds is 6. The van der Waals surface area contributed by atoms with Crippen molar-refractivity contribution >= 4 is 0 Å². The van der Waals surface area contributed by atoms with Crippen molar-refractivity contribution in [1.29, 1.82) is 0 Å². The van der Waals surface area contributed by atoms with Crippen LogP contribution in [0.15, 0.2) is 48.5 Å². The fourth-order valence-electron chi connectivity index (χ4n) is 2.19. The number of hydrogen-bond donors (Lipinski definition) is 1. The second kappa shape index (κ2) is 7.08. The van der Waals surface area contributed by atoms with Crippen molar-refractivity contribution < 1.29 is 14.6 Å². The molecule has 0 saturated heterocycles. The number of methoxy groups -OCH3 is 1. The molecule has 1 N–H and O–H groups in total. The van der Waals surface area contributed by atoms with Gasteiger partial charge in [0, 0.05) is 12.7 Å². The normalized spacial score (nSPS) is 12.2. The lowest BCUT2D eigenvalue weighted by Crippen LogP contribution is -2.04. The van der Waals surface area contributed by atoms with E-state index in [2.05, 4.69) is 0 Å². The lowest BCUT2D eigenvalue weighted by atomic mass is 9.99. The summed E-state index contributed by atoms with van der Waals surface area (Å²) < 4.78 is 10.7. The number of aliphatic hydroxyl groups is 1. The molecule has 2 rings (SSSR count). The van der Waals surface area contributed by atoms with E-state index in [0.29, 0.717) is 13.2 Å². The predicted molar refractivity (Wildman–Crippen MR) is 78.8 cm³/mol. The maximum Gasteiger partial charge on any atom is 0.125 e. The van der Waals surface area contributed by atoms with Crippen LogP contribution in [0.1, 0.15) is 29.7 Å². The topological polar surface area (TPSA) is 38.7 Å². The van der Waals surface area contributed by atoms with Crippen LogP contribution in [0.25, 0.3) is 0 Å². The van der Waals surface area contributed by atoms with Crippen LogP contribution < -0.4 is 4.74 Å². The number of ether oxygens (including phenoxy) is 2. The van der Waals surface area contributed by atoms with E-state index in [1.54, 1.807) is 7.11 Å². The Morgan fingerprint density at radius 1 is 1.10 bits per heavy atom. The molecule has 0 aliphatic rings. The second-order valence-electron chi connectivity index (χ2n) is 4.55. The zero-order valence-corrected chi connectivity index (χ0v) is 11.9. The van der Waals surface area contributed by atoms with Crippen LogP contribution in [0.5, 0.6) is 5.75 Å². The smallest absolute Gasteiger partial charge is 0.125 e. The van der Waals surface area contributed by atoms with E-state index in [9.17, 15) is 5.11 Å². The van der Waals surface area contributed by atoms with Crippen molar-refractivity contribution in [3.05, 3.63) is 65.2 Å². The number of hydrogen-bond acceptors (Lipinski definition) is 3.